The van der Waals surface area contributed by atoms with E-state index in [0.29, 0.717) is 0 Å². The van der Waals surface area contributed by atoms with Crippen LogP contribution in [-0.2, 0) is 4.74 Å². The van der Waals surface area contributed by atoms with Crippen molar-refractivity contribution >= 4 is 0 Å². The minimum Gasteiger partial charge on any atom is -0.465 e. The molecule has 0 bridgehead atoms. The Balaban J connectivity index is 4.00. The molecule has 0 fully saturated rings. The van der Waals surface area contributed by atoms with E-state index in [1.54, 1.807) is 0 Å². The van der Waals surface area contributed by atoms with E-state index in [0.717, 1.165) is 5.76 Å². The first-order valence-corrected chi connectivity index (χ1v) is 4.15. The normalized spacial score (nSPS) is 14.5. The Morgan fingerprint density at radius 1 is 1.31 bits per heavy atom. The molecule has 0 heterocycles. The fourth-order valence-electron chi connectivity index (χ4n) is 0.658. The lowest BCUT2D eigenvalue weighted by atomic mass is 10.4. The second kappa shape index (κ2) is 7.35. The summed E-state index contributed by atoms with van der Waals surface area (Å²) in [5.41, 5.74) is 0. The molecule has 0 radical (unpaired) electrons. The van der Waals surface area contributed by atoms with Crippen molar-refractivity contribution in [2.75, 3.05) is 0 Å². The van der Waals surface area contributed by atoms with Crippen LogP contribution >= 0.6 is 0 Å². The van der Waals surface area contributed by atoms with Gasteiger partial charge in [-0.3, -0.25) is 0 Å². The second-order valence-electron chi connectivity index (χ2n) is 2.39. The zero-order chi connectivity index (χ0) is 10.1. The van der Waals surface area contributed by atoms with Crippen LogP contribution < -0.4 is 0 Å². The maximum Gasteiger partial charge on any atom is 0.121 e. The van der Waals surface area contributed by atoms with E-state index >= 15 is 0 Å². The van der Waals surface area contributed by atoms with Gasteiger partial charge in [0, 0.05) is 0 Å². The van der Waals surface area contributed by atoms with Crippen LogP contribution in [0.1, 0.15) is 20.8 Å². The third-order valence-corrected chi connectivity index (χ3v) is 1.22. The van der Waals surface area contributed by atoms with Crippen LogP contribution in [0.5, 0.6) is 0 Å². The Morgan fingerprint density at radius 3 is 2.46 bits per heavy atom. The first-order chi connectivity index (χ1) is 6.20. The number of allylic oxidation sites excluding steroid dienone is 6. The lowest BCUT2D eigenvalue weighted by Gasteiger charge is -1.97. The molecule has 2 heteroatoms. The third-order valence-electron chi connectivity index (χ3n) is 1.22. The van der Waals surface area contributed by atoms with Gasteiger partial charge in [0.2, 0.25) is 0 Å². The average Bonchev–Trinajstić information content (AvgIpc) is 2.10. The molecule has 0 saturated heterocycles. The van der Waals surface area contributed by atoms with Gasteiger partial charge in [-0.25, -0.2) is 4.39 Å². The van der Waals surface area contributed by atoms with E-state index in [1.807, 2.05) is 32.1 Å². The van der Waals surface area contributed by atoms with Crippen LogP contribution in [0.15, 0.2) is 48.2 Å². The lowest BCUT2D eigenvalue weighted by Crippen LogP contribution is -1.78. The van der Waals surface area contributed by atoms with Crippen LogP contribution in [0.2, 0.25) is 0 Å². The quantitative estimate of drug-likeness (QED) is 0.473. The first-order valence-electron chi connectivity index (χ1n) is 4.15. The largest absolute Gasteiger partial charge is 0.465 e. The third kappa shape index (κ3) is 7.06. The van der Waals surface area contributed by atoms with Gasteiger partial charge in [-0.2, -0.15) is 0 Å². The van der Waals surface area contributed by atoms with Crippen LogP contribution in [-0.4, -0.2) is 0 Å². The summed E-state index contributed by atoms with van der Waals surface area (Å²) in [6.07, 6.45) is 9.83. The number of ether oxygens (including phenoxy) is 1. The predicted molar refractivity (Wildman–Crippen MR) is 53.7 cm³/mol. The van der Waals surface area contributed by atoms with Crippen LogP contribution in [0.3, 0.4) is 0 Å². The number of hydrogen-bond donors (Lipinski definition) is 0. The molecule has 0 aromatic rings. The summed E-state index contributed by atoms with van der Waals surface area (Å²) in [5.74, 6) is 0.497. The Labute approximate surface area is 78.9 Å². The minimum atomic E-state index is -0.243. The van der Waals surface area contributed by atoms with Gasteiger partial charge in [0.15, 0.2) is 0 Å². The summed E-state index contributed by atoms with van der Waals surface area (Å²) in [5, 5.41) is 0. The molecule has 0 atom stereocenters. The zero-order valence-electron chi connectivity index (χ0n) is 8.25. The molecule has 0 aromatic heterocycles. The molecule has 72 valence electrons. The summed E-state index contributed by atoms with van der Waals surface area (Å²) in [7, 11) is 0. The molecule has 0 unspecified atom stereocenters. The molecule has 0 spiro atoms. The second-order valence-corrected chi connectivity index (χ2v) is 2.39. The van der Waals surface area contributed by atoms with Crippen molar-refractivity contribution in [3.05, 3.63) is 48.2 Å². The Kier molecular flexibility index (Phi) is 6.60. The van der Waals surface area contributed by atoms with Gasteiger partial charge >= 0.3 is 0 Å². The van der Waals surface area contributed by atoms with E-state index in [4.69, 9.17) is 4.74 Å². The van der Waals surface area contributed by atoms with Crippen molar-refractivity contribution in [2.45, 2.75) is 20.8 Å². The smallest absolute Gasteiger partial charge is 0.121 e. The fraction of sp³-hybridized carbons (Fsp3) is 0.273. The summed E-state index contributed by atoms with van der Waals surface area (Å²) in [6, 6.07) is 0. The molecule has 0 rings (SSSR count). The van der Waals surface area contributed by atoms with Gasteiger partial charge in [-0.15, -0.1) is 0 Å². The molecular formula is C11H15FO. The van der Waals surface area contributed by atoms with Crippen LogP contribution in [0.4, 0.5) is 4.39 Å². The van der Waals surface area contributed by atoms with Crippen LogP contribution in [0.25, 0.3) is 0 Å². The number of halogens is 1. The number of hydrogen-bond acceptors (Lipinski definition) is 1. The van der Waals surface area contributed by atoms with Gasteiger partial charge in [-0.1, -0.05) is 6.08 Å². The van der Waals surface area contributed by atoms with E-state index in [9.17, 15) is 4.39 Å². The van der Waals surface area contributed by atoms with Crippen molar-refractivity contribution in [1.82, 2.24) is 0 Å². The number of rotatable bonds is 4. The van der Waals surface area contributed by atoms with E-state index in [-0.39, 0.29) is 5.83 Å². The van der Waals surface area contributed by atoms with Gasteiger partial charge in [0.05, 0.1) is 12.1 Å². The summed E-state index contributed by atoms with van der Waals surface area (Å²) >= 11 is 0. The highest BCUT2D eigenvalue weighted by Crippen LogP contribution is 2.00. The van der Waals surface area contributed by atoms with Gasteiger partial charge in [0.25, 0.3) is 0 Å². The minimum absolute atomic E-state index is 0.243. The molecule has 0 aliphatic heterocycles. The highest BCUT2D eigenvalue weighted by molar-refractivity contribution is 5.12. The van der Waals surface area contributed by atoms with Crippen molar-refractivity contribution in [3.8, 4) is 0 Å². The summed E-state index contributed by atoms with van der Waals surface area (Å²) in [6.45, 7) is 5.16. The maximum atomic E-state index is 12.2. The highest BCUT2D eigenvalue weighted by atomic mass is 19.1. The van der Waals surface area contributed by atoms with Crippen LogP contribution in [0, 0.1) is 0 Å². The SMILES string of the molecule is C/C=C\C(=C/C)O/C=C/C=C(\C)F. The van der Waals surface area contributed by atoms with Gasteiger partial charge in [-0.05, 0) is 45.1 Å². The van der Waals surface area contributed by atoms with E-state index in [1.165, 1.54) is 25.3 Å². The summed E-state index contributed by atoms with van der Waals surface area (Å²) in [4.78, 5) is 0. The molecular weight excluding hydrogens is 167 g/mol. The Hall–Kier alpha value is -1.31. The highest BCUT2D eigenvalue weighted by Gasteiger charge is 1.84. The molecule has 0 aromatic carbocycles. The van der Waals surface area contributed by atoms with Crippen molar-refractivity contribution in [3.63, 3.8) is 0 Å². The van der Waals surface area contributed by atoms with Crippen molar-refractivity contribution in [2.24, 2.45) is 0 Å². The molecule has 0 N–H and O–H groups in total. The zero-order valence-corrected chi connectivity index (χ0v) is 8.25. The predicted octanol–water partition coefficient (Wildman–Crippen LogP) is 3.87. The van der Waals surface area contributed by atoms with E-state index in [2.05, 4.69) is 0 Å². The topological polar surface area (TPSA) is 9.23 Å². The van der Waals surface area contributed by atoms with Crippen molar-refractivity contribution in [1.29, 1.82) is 0 Å². The maximum absolute atomic E-state index is 12.2. The van der Waals surface area contributed by atoms with Gasteiger partial charge < -0.3 is 4.74 Å². The fourth-order valence-corrected chi connectivity index (χ4v) is 0.658. The summed E-state index contributed by atoms with van der Waals surface area (Å²) < 4.78 is 17.3. The molecule has 13 heavy (non-hydrogen) atoms. The Morgan fingerprint density at radius 2 is 2.00 bits per heavy atom. The standard InChI is InChI=1S/C11H15FO/c1-4-7-11(5-2)13-9-6-8-10(3)12/h4-9H,1-3H3/b7-4-,9-6+,10-8+,11-5+. The molecule has 1 nitrogen and oxygen atoms in total. The van der Waals surface area contributed by atoms with Crippen molar-refractivity contribution < 1.29 is 9.13 Å². The average molecular weight is 182 g/mol. The molecule has 0 amide bonds. The lowest BCUT2D eigenvalue weighted by molar-refractivity contribution is 0.367. The monoisotopic (exact) mass is 182 g/mol. The molecule has 0 aliphatic carbocycles. The first kappa shape index (κ1) is 11.7. The Bertz CT molecular complexity index is 243. The van der Waals surface area contributed by atoms with Gasteiger partial charge in [0.1, 0.15) is 5.76 Å². The molecule has 0 saturated carbocycles. The van der Waals surface area contributed by atoms with E-state index < -0.39 is 0 Å². The molecule has 0 aliphatic rings.